The fourth-order valence-corrected chi connectivity index (χ4v) is 1.83. The summed E-state index contributed by atoms with van der Waals surface area (Å²) in [5.41, 5.74) is 0.837. The van der Waals surface area contributed by atoms with Crippen LogP contribution in [0.25, 0.3) is 0 Å². The van der Waals surface area contributed by atoms with E-state index < -0.39 is 0 Å². The summed E-state index contributed by atoms with van der Waals surface area (Å²) in [4.78, 5) is 11.8. The fraction of sp³-hybridized carbons (Fsp3) is 0.533. The number of phenolic OH excluding ortho intramolecular Hbond substituents is 1. The maximum absolute atomic E-state index is 11.8. The third kappa shape index (κ3) is 5.71. The van der Waals surface area contributed by atoms with Gasteiger partial charge in [0, 0.05) is 6.04 Å². The first-order valence-corrected chi connectivity index (χ1v) is 6.54. The number of benzene rings is 1. The molecule has 1 aromatic rings. The van der Waals surface area contributed by atoms with E-state index in [1.165, 1.54) is 0 Å². The minimum Gasteiger partial charge on any atom is -0.508 e. The van der Waals surface area contributed by atoms with Crippen LogP contribution >= 0.6 is 0 Å². The molecular formula is C15H23NO2. The molecule has 0 aliphatic rings. The molecule has 0 fully saturated rings. The van der Waals surface area contributed by atoms with E-state index in [9.17, 15) is 9.90 Å². The van der Waals surface area contributed by atoms with Crippen LogP contribution < -0.4 is 5.32 Å². The van der Waals surface area contributed by atoms with Crippen molar-refractivity contribution >= 4 is 5.91 Å². The Morgan fingerprint density at radius 2 is 2.00 bits per heavy atom. The van der Waals surface area contributed by atoms with E-state index in [-0.39, 0.29) is 17.7 Å². The normalized spacial score (nSPS) is 12.4. The van der Waals surface area contributed by atoms with E-state index in [0.29, 0.717) is 12.3 Å². The number of aromatic hydroxyl groups is 1. The Kier molecular flexibility index (Phi) is 5.69. The van der Waals surface area contributed by atoms with Gasteiger partial charge < -0.3 is 10.4 Å². The maximum Gasteiger partial charge on any atom is 0.224 e. The smallest absolute Gasteiger partial charge is 0.224 e. The van der Waals surface area contributed by atoms with E-state index in [2.05, 4.69) is 19.2 Å². The molecule has 0 heterocycles. The van der Waals surface area contributed by atoms with Crippen molar-refractivity contribution in [1.82, 2.24) is 5.32 Å². The highest BCUT2D eigenvalue weighted by Gasteiger charge is 2.09. The quantitative estimate of drug-likeness (QED) is 0.814. The Hall–Kier alpha value is -1.51. The van der Waals surface area contributed by atoms with Crippen LogP contribution in [-0.4, -0.2) is 17.1 Å². The second-order valence-electron chi connectivity index (χ2n) is 5.29. The minimum atomic E-state index is 0.0110. The maximum atomic E-state index is 11.8. The first kappa shape index (κ1) is 14.6. The molecule has 0 spiro atoms. The summed E-state index contributed by atoms with van der Waals surface area (Å²) in [6, 6.07) is 7.03. The molecule has 1 amide bonds. The van der Waals surface area contributed by atoms with Crippen molar-refractivity contribution in [2.24, 2.45) is 5.92 Å². The first-order chi connectivity index (χ1) is 8.47. The van der Waals surface area contributed by atoms with Gasteiger partial charge in [0.15, 0.2) is 0 Å². The van der Waals surface area contributed by atoms with Crippen LogP contribution in [0.15, 0.2) is 24.3 Å². The number of amides is 1. The van der Waals surface area contributed by atoms with Crippen molar-refractivity contribution in [1.29, 1.82) is 0 Å². The van der Waals surface area contributed by atoms with Gasteiger partial charge in [0.2, 0.25) is 5.91 Å². The van der Waals surface area contributed by atoms with Gasteiger partial charge >= 0.3 is 0 Å². The highest BCUT2D eigenvalue weighted by molar-refractivity contribution is 5.78. The minimum absolute atomic E-state index is 0.0110. The molecule has 0 aliphatic carbocycles. The van der Waals surface area contributed by atoms with Crippen LogP contribution in [0, 0.1) is 5.92 Å². The monoisotopic (exact) mass is 249 g/mol. The average Bonchev–Trinajstić information content (AvgIpc) is 2.26. The topological polar surface area (TPSA) is 49.3 Å². The van der Waals surface area contributed by atoms with Gasteiger partial charge in [-0.25, -0.2) is 0 Å². The first-order valence-electron chi connectivity index (χ1n) is 6.54. The van der Waals surface area contributed by atoms with Crippen LogP contribution in [0.2, 0.25) is 0 Å². The Morgan fingerprint density at radius 3 is 2.61 bits per heavy atom. The summed E-state index contributed by atoms with van der Waals surface area (Å²) >= 11 is 0. The Labute approximate surface area is 109 Å². The second-order valence-corrected chi connectivity index (χ2v) is 5.29. The van der Waals surface area contributed by atoms with Crippen molar-refractivity contribution < 1.29 is 9.90 Å². The molecule has 3 heteroatoms. The molecule has 0 bridgehead atoms. The van der Waals surface area contributed by atoms with E-state index in [4.69, 9.17) is 0 Å². The lowest BCUT2D eigenvalue weighted by molar-refractivity contribution is -0.121. The molecule has 3 nitrogen and oxygen atoms in total. The molecule has 0 aliphatic heterocycles. The third-order valence-corrected chi connectivity index (χ3v) is 2.86. The summed E-state index contributed by atoms with van der Waals surface area (Å²) in [5.74, 6) is 0.875. The summed E-state index contributed by atoms with van der Waals surface area (Å²) in [6.07, 6.45) is 2.44. The molecule has 100 valence electrons. The van der Waals surface area contributed by atoms with E-state index in [1.807, 2.05) is 13.0 Å². The fourth-order valence-electron chi connectivity index (χ4n) is 1.83. The number of rotatable bonds is 6. The predicted octanol–water partition coefficient (Wildman–Crippen LogP) is 2.88. The molecule has 0 saturated heterocycles. The molecule has 0 aromatic heterocycles. The average molecular weight is 249 g/mol. The lowest BCUT2D eigenvalue weighted by Crippen LogP contribution is -2.33. The molecule has 0 saturated carbocycles. The zero-order chi connectivity index (χ0) is 13.5. The van der Waals surface area contributed by atoms with Crippen molar-refractivity contribution in [2.45, 2.75) is 46.1 Å². The summed E-state index contributed by atoms with van der Waals surface area (Å²) in [7, 11) is 0. The van der Waals surface area contributed by atoms with Crippen LogP contribution in [0.1, 0.15) is 39.2 Å². The summed E-state index contributed by atoms with van der Waals surface area (Å²) in [5, 5.41) is 12.3. The number of hydrogen-bond donors (Lipinski definition) is 2. The molecule has 1 aromatic carbocycles. The van der Waals surface area contributed by atoms with E-state index in [1.54, 1.807) is 18.2 Å². The number of carbonyl (C=O) groups is 1. The Balaban J connectivity index is 2.37. The van der Waals surface area contributed by atoms with E-state index in [0.717, 1.165) is 18.4 Å². The van der Waals surface area contributed by atoms with Crippen molar-refractivity contribution in [3.63, 3.8) is 0 Å². The van der Waals surface area contributed by atoms with Gasteiger partial charge in [-0.05, 0) is 43.4 Å². The van der Waals surface area contributed by atoms with Crippen molar-refractivity contribution in [3.05, 3.63) is 29.8 Å². The largest absolute Gasteiger partial charge is 0.508 e. The number of nitrogens with one attached hydrogen (secondary N) is 1. The van der Waals surface area contributed by atoms with Crippen LogP contribution in [0.4, 0.5) is 0 Å². The van der Waals surface area contributed by atoms with Crippen molar-refractivity contribution in [3.8, 4) is 5.75 Å². The van der Waals surface area contributed by atoms with Gasteiger partial charge in [0.1, 0.15) is 5.75 Å². The molecule has 1 rings (SSSR count). The standard InChI is InChI=1S/C15H23NO2/c1-11(2)7-8-12(3)16-15(18)10-13-5-4-6-14(17)9-13/h4-6,9,11-12,17H,7-8,10H2,1-3H3,(H,16,18). The van der Waals surface area contributed by atoms with Gasteiger partial charge in [-0.1, -0.05) is 26.0 Å². The lowest BCUT2D eigenvalue weighted by Gasteiger charge is -2.15. The highest BCUT2D eigenvalue weighted by Crippen LogP contribution is 2.11. The van der Waals surface area contributed by atoms with Gasteiger partial charge in [-0.15, -0.1) is 0 Å². The van der Waals surface area contributed by atoms with Crippen LogP contribution in [-0.2, 0) is 11.2 Å². The lowest BCUT2D eigenvalue weighted by atomic mass is 10.0. The number of phenols is 1. The van der Waals surface area contributed by atoms with Gasteiger partial charge in [-0.3, -0.25) is 4.79 Å². The van der Waals surface area contributed by atoms with Gasteiger partial charge in [0.05, 0.1) is 6.42 Å². The second kappa shape index (κ2) is 7.04. The molecular weight excluding hydrogens is 226 g/mol. The molecule has 1 atom stereocenters. The SMILES string of the molecule is CC(C)CCC(C)NC(=O)Cc1cccc(O)c1. The molecule has 1 unspecified atom stereocenters. The zero-order valence-electron chi connectivity index (χ0n) is 11.4. The molecule has 0 radical (unpaired) electrons. The van der Waals surface area contributed by atoms with Crippen LogP contribution in [0.5, 0.6) is 5.75 Å². The van der Waals surface area contributed by atoms with Crippen molar-refractivity contribution in [2.75, 3.05) is 0 Å². The summed E-state index contributed by atoms with van der Waals surface area (Å²) in [6.45, 7) is 6.39. The van der Waals surface area contributed by atoms with Gasteiger partial charge in [-0.2, -0.15) is 0 Å². The number of carbonyl (C=O) groups excluding carboxylic acids is 1. The van der Waals surface area contributed by atoms with E-state index >= 15 is 0 Å². The molecule has 18 heavy (non-hydrogen) atoms. The predicted molar refractivity (Wildman–Crippen MR) is 73.5 cm³/mol. The molecule has 2 N–H and O–H groups in total. The zero-order valence-corrected chi connectivity index (χ0v) is 11.4. The number of hydrogen-bond acceptors (Lipinski definition) is 2. The summed E-state index contributed by atoms with van der Waals surface area (Å²) < 4.78 is 0. The Morgan fingerprint density at radius 1 is 1.28 bits per heavy atom. The Bertz CT molecular complexity index is 388. The van der Waals surface area contributed by atoms with Crippen LogP contribution in [0.3, 0.4) is 0 Å². The van der Waals surface area contributed by atoms with Gasteiger partial charge in [0.25, 0.3) is 0 Å². The third-order valence-electron chi connectivity index (χ3n) is 2.86. The highest BCUT2D eigenvalue weighted by atomic mass is 16.3.